The molecule has 0 saturated carbocycles. The Labute approximate surface area is 193 Å². The van der Waals surface area contributed by atoms with Gasteiger partial charge in [-0.05, 0) is 48.9 Å². The summed E-state index contributed by atoms with van der Waals surface area (Å²) in [7, 11) is 0. The van der Waals surface area contributed by atoms with Crippen molar-refractivity contribution < 1.29 is 24.2 Å². The molecule has 33 heavy (non-hydrogen) atoms. The molecule has 2 amide bonds. The fraction of sp³-hybridized carbons (Fsp3) is 0.423. The normalized spacial score (nSPS) is 20.5. The lowest BCUT2D eigenvalue weighted by Crippen LogP contribution is -2.48. The molecule has 1 fully saturated rings. The van der Waals surface area contributed by atoms with Gasteiger partial charge in [-0.2, -0.15) is 0 Å². The van der Waals surface area contributed by atoms with E-state index >= 15 is 0 Å². The SMILES string of the molecule is CC(CC(=O)N1CC[C@H](C(=O)O)C[C@@H]1C)NC(=O)OCC1c2ccccc2-c2ccccc21. The molecule has 0 radical (unpaired) electrons. The number of aliphatic carboxylic acids is 1. The molecule has 2 aromatic rings. The second-order valence-corrected chi connectivity index (χ2v) is 9.07. The Hall–Kier alpha value is -3.35. The summed E-state index contributed by atoms with van der Waals surface area (Å²) in [6.45, 7) is 4.29. The highest BCUT2D eigenvalue weighted by Crippen LogP contribution is 2.44. The van der Waals surface area contributed by atoms with Gasteiger partial charge in [0.25, 0.3) is 0 Å². The topological polar surface area (TPSA) is 95.9 Å². The Morgan fingerprint density at radius 1 is 1.09 bits per heavy atom. The Kier molecular flexibility index (Phi) is 6.67. The molecule has 0 bridgehead atoms. The Balaban J connectivity index is 1.29. The van der Waals surface area contributed by atoms with Crippen LogP contribution in [0.2, 0.25) is 0 Å². The van der Waals surface area contributed by atoms with Crippen LogP contribution in [-0.2, 0) is 14.3 Å². The van der Waals surface area contributed by atoms with E-state index in [9.17, 15) is 19.5 Å². The number of fused-ring (bicyclic) bond motifs is 3. The van der Waals surface area contributed by atoms with E-state index in [2.05, 4.69) is 29.6 Å². The summed E-state index contributed by atoms with van der Waals surface area (Å²) in [5.74, 6) is -1.31. The van der Waals surface area contributed by atoms with Crippen LogP contribution in [0.25, 0.3) is 11.1 Å². The number of carboxylic acids is 1. The lowest BCUT2D eigenvalue weighted by molar-refractivity contribution is -0.147. The zero-order valence-corrected chi connectivity index (χ0v) is 19.0. The van der Waals surface area contributed by atoms with Gasteiger partial charge >= 0.3 is 12.1 Å². The summed E-state index contributed by atoms with van der Waals surface area (Å²) in [6, 6.07) is 15.8. The molecule has 2 aromatic carbocycles. The molecule has 4 rings (SSSR count). The van der Waals surface area contributed by atoms with E-state index in [0.717, 1.165) is 11.1 Å². The highest BCUT2D eigenvalue weighted by Gasteiger charge is 2.33. The van der Waals surface area contributed by atoms with Gasteiger partial charge in [0.05, 0.1) is 5.92 Å². The van der Waals surface area contributed by atoms with Crippen LogP contribution in [0.5, 0.6) is 0 Å². The van der Waals surface area contributed by atoms with E-state index in [1.54, 1.807) is 11.8 Å². The van der Waals surface area contributed by atoms with Crippen LogP contribution in [0.1, 0.15) is 50.2 Å². The fourth-order valence-corrected chi connectivity index (χ4v) is 5.04. The third kappa shape index (κ3) is 4.87. The molecule has 174 valence electrons. The number of rotatable bonds is 6. The van der Waals surface area contributed by atoms with Gasteiger partial charge in [0.2, 0.25) is 5.91 Å². The minimum Gasteiger partial charge on any atom is -0.481 e. The monoisotopic (exact) mass is 450 g/mol. The second-order valence-electron chi connectivity index (χ2n) is 9.07. The van der Waals surface area contributed by atoms with Crippen LogP contribution in [-0.4, -0.2) is 53.2 Å². The van der Waals surface area contributed by atoms with Gasteiger partial charge in [-0.3, -0.25) is 9.59 Å². The number of carbonyl (C=O) groups excluding carboxylic acids is 2. The molecule has 1 saturated heterocycles. The molecule has 7 nitrogen and oxygen atoms in total. The van der Waals surface area contributed by atoms with Gasteiger partial charge < -0.3 is 20.1 Å². The molecule has 1 aliphatic heterocycles. The molecular formula is C26H30N2O5. The highest BCUT2D eigenvalue weighted by molar-refractivity contribution is 5.80. The molecule has 1 aliphatic carbocycles. The van der Waals surface area contributed by atoms with Crippen molar-refractivity contribution in [2.24, 2.45) is 5.92 Å². The van der Waals surface area contributed by atoms with Crippen molar-refractivity contribution in [3.05, 3.63) is 59.7 Å². The molecular weight excluding hydrogens is 420 g/mol. The lowest BCUT2D eigenvalue weighted by Gasteiger charge is -2.36. The summed E-state index contributed by atoms with van der Waals surface area (Å²) in [6.07, 6.45) is 0.510. The zero-order chi connectivity index (χ0) is 23.5. The quantitative estimate of drug-likeness (QED) is 0.693. The smallest absolute Gasteiger partial charge is 0.407 e. The van der Waals surface area contributed by atoms with Crippen LogP contribution in [0.4, 0.5) is 4.79 Å². The van der Waals surface area contributed by atoms with Crippen molar-refractivity contribution >= 4 is 18.0 Å². The van der Waals surface area contributed by atoms with Crippen molar-refractivity contribution in [1.29, 1.82) is 0 Å². The van der Waals surface area contributed by atoms with Crippen LogP contribution in [0.15, 0.2) is 48.5 Å². The summed E-state index contributed by atoms with van der Waals surface area (Å²) in [5.41, 5.74) is 4.63. The Bertz CT molecular complexity index is 1010. The van der Waals surface area contributed by atoms with Crippen LogP contribution >= 0.6 is 0 Å². The first-order valence-electron chi connectivity index (χ1n) is 11.5. The second kappa shape index (κ2) is 9.65. The molecule has 1 unspecified atom stereocenters. The average Bonchev–Trinajstić information content (AvgIpc) is 3.11. The van der Waals surface area contributed by atoms with E-state index in [1.807, 2.05) is 31.2 Å². The predicted octanol–water partition coefficient (Wildman–Crippen LogP) is 4.02. The molecule has 2 aliphatic rings. The molecule has 1 heterocycles. The zero-order valence-electron chi connectivity index (χ0n) is 19.0. The first-order valence-corrected chi connectivity index (χ1v) is 11.5. The summed E-state index contributed by atoms with van der Waals surface area (Å²) in [5, 5.41) is 12.0. The summed E-state index contributed by atoms with van der Waals surface area (Å²) < 4.78 is 5.56. The van der Waals surface area contributed by atoms with E-state index < -0.39 is 24.0 Å². The minimum atomic E-state index is -0.806. The predicted molar refractivity (Wildman–Crippen MR) is 124 cm³/mol. The van der Waals surface area contributed by atoms with E-state index in [1.165, 1.54) is 11.1 Å². The van der Waals surface area contributed by atoms with E-state index in [-0.39, 0.29) is 30.9 Å². The first-order chi connectivity index (χ1) is 15.8. The highest BCUT2D eigenvalue weighted by atomic mass is 16.5. The number of ether oxygens (including phenoxy) is 1. The van der Waals surface area contributed by atoms with E-state index in [4.69, 9.17) is 4.74 Å². The number of nitrogens with one attached hydrogen (secondary N) is 1. The molecule has 3 atom stereocenters. The fourth-order valence-electron chi connectivity index (χ4n) is 5.04. The number of amides is 2. The standard InChI is InChI=1S/C26H30N2O5/c1-16(13-24(29)28-12-11-18(25(30)31)14-17(28)2)27-26(32)33-15-23-21-9-5-3-7-19(21)20-8-4-6-10-22(20)23/h3-10,16-18,23H,11-15H2,1-2H3,(H,27,32)(H,30,31)/t16?,17-,18-/m0/s1. The number of benzene rings is 2. The number of hydrogen-bond donors (Lipinski definition) is 2. The third-order valence-electron chi connectivity index (χ3n) is 6.73. The maximum Gasteiger partial charge on any atom is 0.407 e. The van der Waals surface area contributed by atoms with E-state index in [0.29, 0.717) is 19.4 Å². The van der Waals surface area contributed by atoms with Crippen LogP contribution < -0.4 is 5.32 Å². The first kappa shape index (κ1) is 22.8. The van der Waals surface area contributed by atoms with Crippen molar-refractivity contribution in [2.75, 3.05) is 13.2 Å². The number of piperidine rings is 1. The van der Waals surface area contributed by atoms with Crippen molar-refractivity contribution in [1.82, 2.24) is 10.2 Å². The summed E-state index contributed by atoms with van der Waals surface area (Å²) in [4.78, 5) is 38.1. The van der Waals surface area contributed by atoms with Gasteiger partial charge in [-0.1, -0.05) is 48.5 Å². The minimum absolute atomic E-state index is 0.0172. The number of carbonyl (C=O) groups is 3. The van der Waals surface area contributed by atoms with Crippen LogP contribution in [0, 0.1) is 5.92 Å². The maximum atomic E-state index is 12.7. The maximum absolute atomic E-state index is 12.7. The van der Waals surface area contributed by atoms with Crippen LogP contribution in [0.3, 0.4) is 0 Å². The van der Waals surface area contributed by atoms with Crippen molar-refractivity contribution in [2.45, 2.75) is 51.1 Å². The number of hydrogen-bond acceptors (Lipinski definition) is 4. The van der Waals surface area contributed by atoms with Gasteiger partial charge in [-0.15, -0.1) is 0 Å². The number of carboxylic acid groups (broad SMARTS) is 1. The molecule has 0 spiro atoms. The third-order valence-corrected chi connectivity index (χ3v) is 6.73. The van der Waals surface area contributed by atoms with Gasteiger partial charge in [0.1, 0.15) is 6.61 Å². The van der Waals surface area contributed by atoms with Gasteiger partial charge in [0, 0.05) is 31.0 Å². The number of alkyl carbamates (subject to hydrolysis) is 1. The largest absolute Gasteiger partial charge is 0.481 e. The number of nitrogens with zero attached hydrogens (tertiary/aromatic N) is 1. The summed E-state index contributed by atoms with van der Waals surface area (Å²) >= 11 is 0. The van der Waals surface area contributed by atoms with Gasteiger partial charge in [-0.25, -0.2) is 4.79 Å². The Morgan fingerprint density at radius 2 is 1.70 bits per heavy atom. The van der Waals surface area contributed by atoms with Crippen molar-refractivity contribution in [3.8, 4) is 11.1 Å². The molecule has 7 heteroatoms. The Morgan fingerprint density at radius 3 is 2.27 bits per heavy atom. The number of likely N-dealkylation sites (tertiary alicyclic amines) is 1. The average molecular weight is 451 g/mol. The molecule has 2 N–H and O–H groups in total. The molecule has 0 aromatic heterocycles. The van der Waals surface area contributed by atoms with Crippen molar-refractivity contribution in [3.63, 3.8) is 0 Å². The van der Waals surface area contributed by atoms with Gasteiger partial charge in [0.15, 0.2) is 0 Å². The lowest BCUT2D eigenvalue weighted by atomic mass is 9.91.